The summed E-state index contributed by atoms with van der Waals surface area (Å²) in [7, 11) is 0. The van der Waals surface area contributed by atoms with Gasteiger partial charge in [0.1, 0.15) is 17.5 Å². The topological polar surface area (TPSA) is 126 Å². The second-order valence-electron chi connectivity index (χ2n) is 10.8. The number of pyridine rings is 1. The summed E-state index contributed by atoms with van der Waals surface area (Å²) in [6.07, 6.45) is 9.18. The van der Waals surface area contributed by atoms with Gasteiger partial charge in [-0.1, -0.05) is 0 Å². The van der Waals surface area contributed by atoms with Gasteiger partial charge in [-0.3, -0.25) is 4.68 Å². The molecule has 4 aromatic rings. The van der Waals surface area contributed by atoms with E-state index in [1.807, 2.05) is 31.6 Å². The number of amides is 1. The lowest BCUT2D eigenvalue weighted by Crippen LogP contribution is -2.42. The summed E-state index contributed by atoms with van der Waals surface area (Å²) in [5.41, 5.74) is 8.42. The predicted octanol–water partition coefficient (Wildman–Crippen LogP) is 4.96. The predicted molar refractivity (Wildman–Crippen MR) is 146 cm³/mol. The van der Waals surface area contributed by atoms with Crippen LogP contribution in [0.5, 0.6) is 5.75 Å². The van der Waals surface area contributed by atoms with Crippen LogP contribution in [-0.4, -0.2) is 59.4 Å². The maximum atomic E-state index is 14.2. The highest BCUT2D eigenvalue weighted by Gasteiger charge is 2.28. The summed E-state index contributed by atoms with van der Waals surface area (Å²) >= 11 is 0. The van der Waals surface area contributed by atoms with E-state index in [4.69, 9.17) is 15.2 Å². The smallest absolute Gasteiger partial charge is 0.410 e. The Morgan fingerprint density at radius 1 is 1.07 bits per heavy atom. The highest BCUT2D eigenvalue weighted by molar-refractivity contribution is 5.68. The minimum atomic E-state index is -0.575. The van der Waals surface area contributed by atoms with E-state index in [1.54, 1.807) is 48.7 Å². The van der Waals surface area contributed by atoms with E-state index < -0.39 is 17.5 Å². The molecule has 1 atom stereocenters. The van der Waals surface area contributed by atoms with Crippen molar-refractivity contribution in [3.63, 3.8) is 0 Å². The molecule has 12 heteroatoms. The van der Waals surface area contributed by atoms with Gasteiger partial charge in [-0.15, -0.1) is 0 Å². The highest BCUT2D eigenvalue weighted by Crippen LogP contribution is 2.33. The molecule has 1 aliphatic heterocycles. The molecule has 0 radical (unpaired) electrons. The van der Waals surface area contributed by atoms with Crippen molar-refractivity contribution in [2.24, 2.45) is 0 Å². The van der Waals surface area contributed by atoms with Crippen LogP contribution < -0.4 is 10.5 Å². The second kappa shape index (κ2) is 10.9. The van der Waals surface area contributed by atoms with Crippen LogP contribution in [-0.2, 0) is 4.74 Å². The summed E-state index contributed by atoms with van der Waals surface area (Å²) in [6, 6.07) is 6.32. The van der Waals surface area contributed by atoms with Gasteiger partial charge in [-0.05, 0) is 64.8 Å². The lowest BCUT2D eigenvalue weighted by molar-refractivity contribution is 0.0185. The third-order valence-corrected chi connectivity index (χ3v) is 6.67. The largest absolute Gasteiger partial charge is 0.482 e. The van der Waals surface area contributed by atoms with Crippen molar-refractivity contribution in [1.82, 2.24) is 34.7 Å². The molecular formula is C28H33FN8O3. The number of halogens is 1. The first kappa shape index (κ1) is 27.1. The summed E-state index contributed by atoms with van der Waals surface area (Å²) in [5, 5.41) is 12.9. The van der Waals surface area contributed by atoms with Gasteiger partial charge in [0.25, 0.3) is 0 Å². The molecule has 0 aliphatic carbocycles. The van der Waals surface area contributed by atoms with Crippen LogP contribution in [0.4, 0.5) is 15.0 Å². The Morgan fingerprint density at radius 3 is 2.50 bits per heavy atom. The third kappa shape index (κ3) is 6.05. The first-order chi connectivity index (χ1) is 19.1. The van der Waals surface area contributed by atoms with Crippen LogP contribution in [0, 0.1) is 5.82 Å². The van der Waals surface area contributed by atoms with Crippen LogP contribution in [0.2, 0.25) is 0 Å². The lowest BCUT2D eigenvalue weighted by Gasteiger charge is -2.33. The van der Waals surface area contributed by atoms with Crippen LogP contribution in [0.3, 0.4) is 0 Å². The van der Waals surface area contributed by atoms with Crippen LogP contribution >= 0.6 is 0 Å². The van der Waals surface area contributed by atoms with Gasteiger partial charge >= 0.3 is 6.09 Å². The molecule has 0 saturated carbocycles. The van der Waals surface area contributed by atoms with Crippen molar-refractivity contribution in [1.29, 1.82) is 0 Å². The fraction of sp³-hybridized carbons (Fsp3) is 0.393. The number of nitrogens with two attached hydrogens (primary N) is 1. The Kier molecular flexibility index (Phi) is 7.42. The van der Waals surface area contributed by atoms with Gasteiger partial charge in [-0.25, -0.2) is 14.2 Å². The number of carbonyl (C=O) groups excluding carboxylic acids is 1. The van der Waals surface area contributed by atoms with Crippen molar-refractivity contribution in [2.75, 3.05) is 18.8 Å². The van der Waals surface area contributed by atoms with Gasteiger partial charge in [0.2, 0.25) is 0 Å². The third-order valence-electron chi connectivity index (χ3n) is 6.67. The Morgan fingerprint density at radius 2 is 1.80 bits per heavy atom. The van der Waals surface area contributed by atoms with Crippen LogP contribution in [0.1, 0.15) is 58.2 Å². The van der Waals surface area contributed by atoms with Crippen molar-refractivity contribution in [2.45, 2.75) is 58.3 Å². The molecule has 2 N–H and O–H groups in total. The summed E-state index contributed by atoms with van der Waals surface area (Å²) in [4.78, 5) is 19.9. The summed E-state index contributed by atoms with van der Waals surface area (Å²) in [6.45, 7) is 8.60. The molecule has 4 heterocycles. The van der Waals surface area contributed by atoms with Gasteiger partial charge < -0.3 is 20.1 Å². The Bertz CT molecular complexity index is 1470. The van der Waals surface area contributed by atoms with E-state index in [9.17, 15) is 9.18 Å². The number of hydrogen-bond donors (Lipinski definition) is 1. The number of rotatable bonds is 6. The van der Waals surface area contributed by atoms with Crippen molar-refractivity contribution in [3.8, 4) is 22.6 Å². The van der Waals surface area contributed by atoms with E-state index in [-0.39, 0.29) is 18.0 Å². The number of ether oxygens (including phenoxy) is 2. The monoisotopic (exact) mass is 548 g/mol. The quantitative estimate of drug-likeness (QED) is 0.358. The molecule has 0 spiro atoms. The molecule has 0 unspecified atom stereocenters. The van der Waals surface area contributed by atoms with E-state index in [0.717, 1.165) is 24.0 Å². The van der Waals surface area contributed by atoms with E-state index in [1.165, 1.54) is 16.9 Å². The first-order valence-electron chi connectivity index (χ1n) is 13.2. The van der Waals surface area contributed by atoms with Gasteiger partial charge in [0.15, 0.2) is 11.6 Å². The molecule has 3 aromatic heterocycles. The fourth-order valence-corrected chi connectivity index (χ4v) is 4.66. The molecule has 1 fully saturated rings. The molecule has 1 amide bonds. The minimum Gasteiger partial charge on any atom is -0.482 e. The number of carbonyl (C=O) groups is 1. The van der Waals surface area contributed by atoms with E-state index >= 15 is 0 Å². The second-order valence-corrected chi connectivity index (χ2v) is 10.8. The number of nitrogens with zero attached hydrogens (tertiary/aromatic N) is 7. The highest BCUT2D eigenvalue weighted by atomic mass is 19.1. The molecule has 11 nitrogen and oxygen atoms in total. The maximum absolute atomic E-state index is 14.2. The van der Waals surface area contributed by atoms with Crippen molar-refractivity contribution >= 4 is 11.9 Å². The van der Waals surface area contributed by atoms with Gasteiger partial charge in [-0.2, -0.15) is 20.1 Å². The molecular weight excluding hydrogens is 515 g/mol. The maximum Gasteiger partial charge on any atom is 0.410 e. The standard InChI is InChI=1S/C28H33FN8O3/c1-18(23-14-21(29)5-6-24(23)37-32-9-10-33-37)39-25-13-19(15-31-26(25)30)20-16-34-36(17-20)22-7-11-35(12-8-22)27(38)40-28(2,3)4/h5-6,9-10,13-18,22H,7-8,11-12H2,1-4H3,(H2,30,31)/t18-/m1/s1. The van der Waals surface area contributed by atoms with Gasteiger partial charge in [0, 0.05) is 42.2 Å². The number of likely N-dealkylation sites (tertiary alicyclic amines) is 1. The number of piperidine rings is 1. The van der Waals surface area contributed by atoms with Crippen LogP contribution in [0.25, 0.3) is 16.8 Å². The zero-order valence-corrected chi connectivity index (χ0v) is 23.0. The Balaban J connectivity index is 1.29. The van der Waals surface area contributed by atoms with Crippen molar-refractivity contribution < 1.29 is 18.7 Å². The normalized spacial score (nSPS) is 15.2. The zero-order chi connectivity index (χ0) is 28.4. The molecule has 40 heavy (non-hydrogen) atoms. The van der Waals surface area contributed by atoms with Crippen LogP contribution in [0.15, 0.2) is 55.2 Å². The van der Waals surface area contributed by atoms with Gasteiger partial charge in [0.05, 0.1) is 30.3 Å². The van der Waals surface area contributed by atoms with E-state index in [0.29, 0.717) is 30.1 Å². The number of benzene rings is 1. The average molecular weight is 549 g/mol. The molecule has 5 rings (SSSR count). The Hall–Kier alpha value is -4.48. The number of nitrogen functional groups attached to an aromatic ring is 1. The number of hydrogen-bond acceptors (Lipinski definition) is 8. The minimum absolute atomic E-state index is 0.159. The molecule has 1 aromatic carbocycles. The molecule has 1 saturated heterocycles. The lowest BCUT2D eigenvalue weighted by atomic mass is 10.1. The summed E-state index contributed by atoms with van der Waals surface area (Å²) in [5.74, 6) is 0.185. The SMILES string of the molecule is C[C@@H](Oc1cc(-c2cnn(C3CCN(C(=O)OC(C)(C)C)CC3)c2)cnc1N)c1cc(F)ccc1-n1nccn1. The molecule has 0 bridgehead atoms. The first-order valence-corrected chi connectivity index (χ1v) is 13.2. The van der Waals surface area contributed by atoms with E-state index in [2.05, 4.69) is 20.3 Å². The number of aromatic nitrogens is 6. The molecule has 1 aliphatic rings. The fourth-order valence-electron chi connectivity index (χ4n) is 4.66. The molecule has 210 valence electrons. The van der Waals surface area contributed by atoms with Crippen molar-refractivity contribution in [3.05, 3.63) is 66.6 Å². The Labute approximate surface area is 231 Å². The number of anilines is 1. The zero-order valence-electron chi connectivity index (χ0n) is 23.0. The average Bonchev–Trinajstić information content (AvgIpc) is 3.62. The summed E-state index contributed by atoms with van der Waals surface area (Å²) < 4.78 is 27.8.